The molecule has 170 valence electrons. The maximum absolute atomic E-state index is 13.2. The highest BCUT2D eigenvalue weighted by Crippen LogP contribution is 2.27. The molecule has 1 N–H and O–H groups in total. The summed E-state index contributed by atoms with van der Waals surface area (Å²) in [6.45, 7) is 7.74. The average Bonchev–Trinajstić information content (AvgIpc) is 2.84. The minimum Gasteiger partial charge on any atom is -0.371 e. The molecular formula is C27H35N3O2. The highest BCUT2D eigenvalue weighted by molar-refractivity contribution is 6.00. The predicted molar refractivity (Wildman–Crippen MR) is 129 cm³/mol. The zero-order chi connectivity index (χ0) is 22.5. The normalized spacial score (nSPS) is 17.9. The lowest BCUT2D eigenvalue weighted by molar-refractivity contribution is 0.0697. The van der Waals surface area contributed by atoms with Gasteiger partial charge in [-0.25, -0.2) is 0 Å². The Hall–Kier alpha value is -2.82. The predicted octanol–water partition coefficient (Wildman–Crippen LogP) is 4.52. The van der Waals surface area contributed by atoms with Crippen LogP contribution in [0.2, 0.25) is 0 Å². The average molecular weight is 434 g/mol. The summed E-state index contributed by atoms with van der Waals surface area (Å²) in [4.78, 5) is 30.2. The minimum absolute atomic E-state index is 0.000933. The first-order valence-corrected chi connectivity index (χ1v) is 12.1. The van der Waals surface area contributed by atoms with Gasteiger partial charge in [0.1, 0.15) is 0 Å². The van der Waals surface area contributed by atoms with Crippen LogP contribution in [0.25, 0.3) is 0 Å². The Labute approximate surface area is 191 Å². The van der Waals surface area contributed by atoms with Crippen LogP contribution in [0.3, 0.4) is 0 Å². The first-order valence-electron chi connectivity index (χ1n) is 12.1. The standard InChI is InChI=1S/C27H35N3O2/c1-3-21-8-10-22(11-9-21)26(31)28-23-14-18-29(19-15-23)25-7-5-4-6-24(25)27(32)30-16-12-20(2)13-17-30/h4-11,20,23H,3,12-19H2,1-2H3,(H,28,31). The molecule has 2 amide bonds. The van der Waals surface area contributed by atoms with Crippen LogP contribution in [-0.4, -0.2) is 48.9 Å². The highest BCUT2D eigenvalue weighted by atomic mass is 16.2. The van der Waals surface area contributed by atoms with E-state index in [1.807, 2.05) is 47.4 Å². The van der Waals surface area contributed by atoms with Gasteiger partial charge in [0.2, 0.25) is 0 Å². The van der Waals surface area contributed by atoms with Crippen LogP contribution in [0.4, 0.5) is 5.69 Å². The summed E-state index contributed by atoms with van der Waals surface area (Å²) in [5, 5.41) is 3.20. The Kier molecular flexibility index (Phi) is 7.13. The zero-order valence-electron chi connectivity index (χ0n) is 19.3. The Balaban J connectivity index is 1.36. The van der Waals surface area contributed by atoms with Crippen molar-refractivity contribution in [1.29, 1.82) is 0 Å². The molecule has 0 unspecified atom stereocenters. The van der Waals surface area contributed by atoms with Gasteiger partial charge in [0.05, 0.1) is 5.56 Å². The number of aryl methyl sites for hydroxylation is 1. The molecule has 2 aromatic carbocycles. The molecule has 0 bridgehead atoms. The van der Waals surface area contributed by atoms with Crippen molar-refractivity contribution in [2.45, 2.75) is 52.0 Å². The van der Waals surface area contributed by atoms with Crippen LogP contribution in [0.1, 0.15) is 65.8 Å². The summed E-state index contributed by atoms with van der Waals surface area (Å²) in [6.07, 6.45) is 4.90. The number of nitrogens with one attached hydrogen (secondary N) is 1. The number of rotatable bonds is 5. The van der Waals surface area contributed by atoms with Crippen molar-refractivity contribution in [2.24, 2.45) is 5.92 Å². The van der Waals surface area contributed by atoms with E-state index in [1.54, 1.807) is 0 Å². The molecule has 0 aliphatic carbocycles. The van der Waals surface area contributed by atoms with E-state index in [2.05, 4.69) is 30.1 Å². The molecule has 5 heteroatoms. The molecule has 0 spiro atoms. The van der Waals surface area contributed by atoms with Crippen molar-refractivity contribution in [3.63, 3.8) is 0 Å². The molecule has 2 aliphatic rings. The third-order valence-electron chi connectivity index (χ3n) is 7.00. The molecule has 2 aliphatic heterocycles. The van der Waals surface area contributed by atoms with Crippen LogP contribution in [-0.2, 0) is 6.42 Å². The maximum atomic E-state index is 13.2. The third kappa shape index (κ3) is 5.14. The lowest BCUT2D eigenvalue weighted by atomic mass is 9.98. The Bertz CT molecular complexity index is 924. The topological polar surface area (TPSA) is 52.7 Å². The smallest absolute Gasteiger partial charge is 0.255 e. The monoisotopic (exact) mass is 433 g/mol. The largest absolute Gasteiger partial charge is 0.371 e. The summed E-state index contributed by atoms with van der Waals surface area (Å²) in [5.41, 5.74) is 3.79. The Morgan fingerprint density at radius 1 is 0.906 bits per heavy atom. The van der Waals surface area contributed by atoms with Crippen molar-refractivity contribution in [2.75, 3.05) is 31.1 Å². The van der Waals surface area contributed by atoms with Crippen LogP contribution in [0.15, 0.2) is 48.5 Å². The number of nitrogens with zero attached hydrogens (tertiary/aromatic N) is 2. The Morgan fingerprint density at radius 3 is 2.22 bits per heavy atom. The van der Waals surface area contributed by atoms with Gasteiger partial charge in [-0.05, 0) is 67.9 Å². The van der Waals surface area contributed by atoms with Gasteiger partial charge in [-0.3, -0.25) is 9.59 Å². The molecule has 32 heavy (non-hydrogen) atoms. The molecule has 5 nitrogen and oxygen atoms in total. The first-order chi connectivity index (χ1) is 15.5. The molecule has 0 saturated carbocycles. The van der Waals surface area contributed by atoms with E-state index in [0.717, 1.165) is 75.1 Å². The van der Waals surface area contributed by atoms with E-state index < -0.39 is 0 Å². The van der Waals surface area contributed by atoms with Gasteiger partial charge in [0, 0.05) is 43.5 Å². The fourth-order valence-electron chi connectivity index (χ4n) is 4.74. The summed E-state index contributed by atoms with van der Waals surface area (Å²) < 4.78 is 0. The summed E-state index contributed by atoms with van der Waals surface area (Å²) in [5.74, 6) is 0.854. The molecule has 0 atom stereocenters. The van der Waals surface area contributed by atoms with Gasteiger partial charge in [-0.2, -0.15) is 0 Å². The van der Waals surface area contributed by atoms with E-state index >= 15 is 0 Å². The summed E-state index contributed by atoms with van der Waals surface area (Å²) in [6, 6.07) is 16.0. The van der Waals surface area contributed by atoms with E-state index in [9.17, 15) is 9.59 Å². The third-order valence-corrected chi connectivity index (χ3v) is 7.00. The lowest BCUT2D eigenvalue weighted by Crippen LogP contribution is -2.45. The van der Waals surface area contributed by atoms with Gasteiger partial charge in [-0.15, -0.1) is 0 Å². The van der Waals surface area contributed by atoms with E-state index in [-0.39, 0.29) is 17.9 Å². The van der Waals surface area contributed by atoms with Crippen molar-refractivity contribution < 1.29 is 9.59 Å². The molecule has 2 heterocycles. The number of anilines is 1. The van der Waals surface area contributed by atoms with E-state index in [4.69, 9.17) is 0 Å². The van der Waals surface area contributed by atoms with Gasteiger partial charge in [-0.1, -0.05) is 38.1 Å². The van der Waals surface area contributed by atoms with Crippen LogP contribution in [0, 0.1) is 5.92 Å². The molecule has 2 saturated heterocycles. The first kappa shape index (κ1) is 22.4. The quantitative estimate of drug-likeness (QED) is 0.754. The van der Waals surface area contributed by atoms with Gasteiger partial charge in [0.25, 0.3) is 11.8 Å². The molecule has 4 rings (SSSR count). The second-order valence-electron chi connectivity index (χ2n) is 9.28. The van der Waals surface area contributed by atoms with Crippen molar-refractivity contribution >= 4 is 17.5 Å². The molecule has 0 radical (unpaired) electrons. The fraction of sp³-hybridized carbons (Fsp3) is 0.481. The van der Waals surface area contributed by atoms with Crippen LogP contribution < -0.4 is 10.2 Å². The molecule has 2 aromatic rings. The SMILES string of the molecule is CCc1ccc(C(=O)NC2CCN(c3ccccc3C(=O)N3CCC(C)CC3)CC2)cc1. The number of likely N-dealkylation sites (tertiary alicyclic amines) is 1. The summed E-state index contributed by atoms with van der Waals surface area (Å²) >= 11 is 0. The molecule has 2 fully saturated rings. The second kappa shape index (κ2) is 10.2. The Morgan fingerprint density at radius 2 is 1.56 bits per heavy atom. The summed E-state index contributed by atoms with van der Waals surface area (Å²) in [7, 11) is 0. The number of carbonyl (C=O) groups excluding carboxylic acids is 2. The number of para-hydroxylation sites is 1. The maximum Gasteiger partial charge on any atom is 0.255 e. The number of carbonyl (C=O) groups is 2. The minimum atomic E-state index is 0.000933. The number of amides is 2. The van der Waals surface area contributed by atoms with E-state index in [1.165, 1.54) is 5.56 Å². The van der Waals surface area contributed by atoms with Crippen LogP contribution in [0.5, 0.6) is 0 Å². The fourth-order valence-corrected chi connectivity index (χ4v) is 4.74. The van der Waals surface area contributed by atoms with Gasteiger partial charge < -0.3 is 15.1 Å². The molecular weight excluding hydrogens is 398 g/mol. The number of hydrogen-bond acceptors (Lipinski definition) is 3. The second-order valence-corrected chi connectivity index (χ2v) is 9.28. The van der Waals surface area contributed by atoms with Gasteiger partial charge in [0.15, 0.2) is 0 Å². The molecule has 0 aromatic heterocycles. The number of hydrogen-bond donors (Lipinski definition) is 1. The van der Waals surface area contributed by atoms with Crippen LogP contribution >= 0.6 is 0 Å². The zero-order valence-corrected chi connectivity index (χ0v) is 19.3. The highest BCUT2D eigenvalue weighted by Gasteiger charge is 2.27. The van der Waals surface area contributed by atoms with Gasteiger partial charge >= 0.3 is 0 Å². The van der Waals surface area contributed by atoms with E-state index in [0.29, 0.717) is 5.92 Å². The number of benzene rings is 2. The lowest BCUT2D eigenvalue weighted by Gasteiger charge is -2.36. The number of piperidine rings is 2. The van der Waals surface area contributed by atoms with Crippen molar-refractivity contribution in [3.8, 4) is 0 Å². The van der Waals surface area contributed by atoms with Crippen molar-refractivity contribution in [3.05, 3.63) is 65.2 Å². The van der Waals surface area contributed by atoms with Crippen molar-refractivity contribution in [1.82, 2.24) is 10.2 Å².